The lowest BCUT2D eigenvalue weighted by molar-refractivity contribution is -0.121. The van der Waals surface area contributed by atoms with Crippen LogP contribution in [0.15, 0.2) is 0 Å². The maximum atomic E-state index is 11.5. The van der Waals surface area contributed by atoms with E-state index in [4.69, 9.17) is 4.74 Å². The highest BCUT2D eigenvalue weighted by Crippen LogP contribution is 2.43. The summed E-state index contributed by atoms with van der Waals surface area (Å²) in [5, 5.41) is 2.34. The van der Waals surface area contributed by atoms with Crippen LogP contribution in [-0.4, -0.2) is 35.2 Å². The van der Waals surface area contributed by atoms with Gasteiger partial charge in [-0.2, -0.15) is 0 Å². The van der Waals surface area contributed by atoms with Crippen LogP contribution in [0, 0.1) is 0 Å². The lowest BCUT2D eigenvalue weighted by Gasteiger charge is -2.31. The van der Waals surface area contributed by atoms with Gasteiger partial charge in [-0.1, -0.05) is 0 Å². The summed E-state index contributed by atoms with van der Waals surface area (Å²) in [5.41, 5.74) is -0.457. The predicted octanol–water partition coefficient (Wildman–Crippen LogP) is 0.207. The molecular formula is C9H12N2O3. The number of rotatable bonds is 0. The van der Waals surface area contributed by atoms with Gasteiger partial charge in [-0.15, -0.1) is 0 Å². The van der Waals surface area contributed by atoms with Crippen molar-refractivity contribution in [2.24, 2.45) is 0 Å². The number of urea groups is 1. The van der Waals surface area contributed by atoms with Crippen molar-refractivity contribution in [2.75, 3.05) is 6.61 Å². The van der Waals surface area contributed by atoms with Gasteiger partial charge in [0.05, 0.1) is 6.61 Å². The first kappa shape index (κ1) is 8.23. The smallest absolute Gasteiger partial charge is 0.327 e. The Morgan fingerprint density at radius 3 is 2.79 bits per heavy atom. The highest BCUT2D eigenvalue weighted by atomic mass is 16.5. The lowest BCUT2D eigenvalue weighted by Crippen LogP contribution is -2.47. The van der Waals surface area contributed by atoms with Gasteiger partial charge in [0.25, 0.3) is 5.91 Å². The minimum absolute atomic E-state index is 0.209. The van der Waals surface area contributed by atoms with Crippen LogP contribution in [-0.2, 0) is 9.53 Å². The third-order valence-electron chi connectivity index (χ3n) is 3.40. The molecule has 0 unspecified atom stereocenters. The molecule has 0 radical (unpaired) electrons. The molecule has 1 aliphatic carbocycles. The molecule has 2 saturated heterocycles. The van der Waals surface area contributed by atoms with Crippen LogP contribution in [0.3, 0.4) is 0 Å². The second-order valence-electron chi connectivity index (χ2n) is 4.14. The number of nitrogens with zero attached hydrogens (tertiary/aromatic N) is 1. The van der Waals surface area contributed by atoms with E-state index >= 15 is 0 Å². The van der Waals surface area contributed by atoms with Crippen LogP contribution in [0.4, 0.5) is 4.79 Å². The Hall–Kier alpha value is -1.10. The van der Waals surface area contributed by atoms with Crippen LogP contribution in [0.1, 0.15) is 25.7 Å². The van der Waals surface area contributed by atoms with Gasteiger partial charge in [-0.05, 0) is 25.7 Å². The van der Waals surface area contributed by atoms with Crippen molar-refractivity contribution in [3.63, 3.8) is 0 Å². The van der Waals surface area contributed by atoms with Gasteiger partial charge < -0.3 is 4.74 Å². The second kappa shape index (κ2) is 2.48. The molecule has 3 fully saturated rings. The largest absolute Gasteiger partial charge is 0.353 e. The van der Waals surface area contributed by atoms with E-state index in [-0.39, 0.29) is 18.0 Å². The van der Waals surface area contributed by atoms with Crippen LogP contribution >= 0.6 is 0 Å². The molecule has 1 spiro atoms. The monoisotopic (exact) mass is 196 g/mol. The first-order valence-electron chi connectivity index (χ1n) is 5.01. The first-order valence-corrected chi connectivity index (χ1v) is 5.01. The molecule has 1 N–H and O–H groups in total. The number of ether oxygens (including phenoxy) is 1. The standard InChI is InChI=1S/C9H12N2O3/c12-7-6-5-14-9(3-1-2-4-9)11(6)8(13)10-7/h6H,1-5H2,(H,10,12,13)/t6-/m1/s1. The van der Waals surface area contributed by atoms with Gasteiger partial charge in [-0.25, -0.2) is 4.79 Å². The molecule has 2 aliphatic heterocycles. The van der Waals surface area contributed by atoms with Crippen LogP contribution in [0.2, 0.25) is 0 Å². The van der Waals surface area contributed by atoms with Crippen LogP contribution in [0.25, 0.3) is 0 Å². The third kappa shape index (κ3) is 0.829. The minimum atomic E-state index is -0.457. The van der Waals surface area contributed by atoms with Gasteiger partial charge in [0, 0.05) is 0 Å². The van der Waals surface area contributed by atoms with Gasteiger partial charge in [-0.3, -0.25) is 15.0 Å². The van der Waals surface area contributed by atoms with Crippen molar-refractivity contribution in [3.8, 4) is 0 Å². The summed E-state index contributed by atoms with van der Waals surface area (Å²) in [6.07, 6.45) is 3.88. The molecule has 0 bridgehead atoms. The van der Waals surface area contributed by atoms with E-state index < -0.39 is 5.72 Å². The molecule has 1 saturated carbocycles. The zero-order valence-electron chi connectivity index (χ0n) is 7.78. The molecular weight excluding hydrogens is 184 g/mol. The topological polar surface area (TPSA) is 58.6 Å². The summed E-state index contributed by atoms with van der Waals surface area (Å²) in [6, 6.07) is -0.653. The van der Waals surface area contributed by atoms with E-state index in [0.717, 1.165) is 25.7 Å². The quantitative estimate of drug-likeness (QED) is 0.563. The highest BCUT2D eigenvalue weighted by molar-refractivity contribution is 6.04. The van der Waals surface area contributed by atoms with Gasteiger partial charge in [0.15, 0.2) is 0 Å². The number of carbonyl (C=O) groups is 2. The van der Waals surface area contributed by atoms with Gasteiger partial charge in [0.2, 0.25) is 0 Å². The average molecular weight is 196 g/mol. The molecule has 0 aromatic carbocycles. The first-order chi connectivity index (χ1) is 6.73. The van der Waals surface area contributed by atoms with E-state index in [1.807, 2.05) is 0 Å². The van der Waals surface area contributed by atoms with Crippen molar-refractivity contribution in [2.45, 2.75) is 37.5 Å². The van der Waals surface area contributed by atoms with Crippen molar-refractivity contribution >= 4 is 11.9 Å². The summed E-state index contributed by atoms with van der Waals surface area (Å²) >= 11 is 0. The maximum absolute atomic E-state index is 11.5. The Labute approximate surface area is 81.4 Å². The second-order valence-corrected chi connectivity index (χ2v) is 4.14. The van der Waals surface area contributed by atoms with Crippen LogP contribution < -0.4 is 5.32 Å². The molecule has 5 nitrogen and oxygen atoms in total. The van der Waals surface area contributed by atoms with Gasteiger partial charge in [0.1, 0.15) is 11.8 Å². The highest BCUT2D eigenvalue weighted by Gasteiger charge is 2.57. The Bertz CT molecular complexity index is 309. The molecule has 3 aliphatic rings. The summed E-state index contributed by atoms with van der Waals surface area (Å²) < 4.78 is 5.65. The number of fused-ring (bicyclic) bond motifs is 2. The summed E-state index contributed by atoms with van der Waals surface area (Å²) in [7, 11) is 0. The maximum Gasteiger partial charge on any atom is 0.327 e. The Balaban J connectivity index is 1.97. The summed E-state index contributed by atoms with van der Waals surface area (Å²) in [6.45, 7) is 0.359. The van der Waals surface area contributed by atoms with E-state index in [1.165, 1.54) is 0 Å². The summed E-state index contributed by atoms with van der Waals surface area (Å²) in [4.78, 5) is 24.5. The fraction of sp³-hybridized carbons (Fsp3) is 0.778. The van der Waals surface area contributed by atoms with E-state index in [0.29, 0.717) is 6.61 Å². The third-order valence-corrected chi connectivity index (χ3v) is 3.40. The Morgan fingerprint density at radius 2 is 2.07 bits per heavy atom. The van der Waals surface area contributed by atoms with Crippen molar-refractivity contribution in [1.29, 1.82) is 0 Å². The fourth-order valence-electron chi connectivity index (χ4n) is 2.74. The molecule has 1 atom stereocenters. The molecule has 3 amide bonds. The number of hydrogen-bond acceptors (Lipinski definition) is 3. The zero-order valence-corrected chi connectivity index (χ0v) is 7.78. The van der Waals surface area contributed by atoms with Crippen molar-refractivity contribution in [1.82, 2.24) is 10.2 Å². The SMILES string of the molecule is O=C1NC(=O)N2[C@@H]1COC21CCCC1. The van der Waals surface area contributed by atoms with E-state index in [9.17, 15) is 9.59 Å². The molecule has 14 heavy (non-hydrogen) atoms. The van der Waals surface area contributed by atoms with Crippen molar-refractivity contribution < 1.29 is 14.3 Å². The average Bonchev–Trinajstić information content (AvgIpc) is 2.79. The molecule has 3 rings (SSSR count). The molecule has 0 aromatic rings. The number of imide groups is 1. The Kier molecular flexibility index (Phi) is 1.45. The minimum Gasteiger partial charge on any atom is -0.353 e. The molecule has 0 aromatic heterocycles. The predicted molar refractivity (Wildman–Crippen MR) is 46.3 cm³/mol. The number of carbonyl (C=O) groups excluding carboxylic acids is 2. The van der Waals surface area contributed by atoms with E-state index in [1.54, 1.807) is 4.90 Å². The van der Waals surface area contributed by atoms with E-state index in [2.05, 4.69) is 5.32 Å². The zero-order chi connectivity index (χ0) is 9.76. The molecule has 5 heteroatoms. The number of amides is 3. The normalized spacial score (nSPS) is 34.0. The number of hydrogen-bond donors (Lipinski definition) is 1. The molecule has 2 heterocycles. The van der Waals surface area contributed by atoms with Crippen LogP contribution in [0.5, 0.6) is 0 Å². The fourth-order valence-corrected chi connectivity index (χ4v) is 2.74. The number of nitrogens with one attached hydrogen (secondary N) is 1. The summed E-state index contributed by atoms with van der Waals surface area (Å²) in [5.74, 6) is -0.209. The Morgan fingerprint density at radius 1 is 1.36 bits per heavy atom. The molecule has 76 valence electrons. The van der Waals surface area contributed by atoms with Crippen molar-refractivity contribution in [3.05, 3.63) is 0 Å². The van der Waals surface area contributed by atoms with Gasteiger partial charge >= 0.3 is 6.03 Å². The lowest BCUT2D eigenvalue weighted by atomic mass is 10.1.